The number of benzene rings is 2. The minimum atomic E-state index is -4.16. The number of hydrogen-bond acceptors (Lipinski definition) is 10. The molecule has 2 aromatic carbocycles. The predicted octanol–water partition coefficient (Wildman–Crippen LogP) is 3.66. The highest BCUT2D eigenvalue weighted by Gasteiger charge is 2.47. The second-order valence-corrected chi connectivity index (χ2v) is 16.9. The Morgan fingerprint density at radius 1 is 0.981 bits per heavy atom. The van der Waals surface area contributed by atoms with Crippen molar-refractivity contribution in [2.24, 2.45) is 0 Å². The van der Waals surface area contributed by atoms with Crippen LogP contribution in [0.3, 0.4) is 0 Å². The van der Waals surface area contributed by atoms with Crippen molar-refractivity contribution in [3.05, 3.63) is 67.8 Å². The number of likely N-dealkylation sites (N-methyl/N-ethyl adjacent to an activating group) is 1. The lowest BCUT2D eigenvalue weighted by atomic mass is 9.92. The van der Waals surface area contributed by atoms with Gasteiger partial charge in [-0.1, -0.05) is 0 Å². The summed E-state index contributed by atoms with van der Waals surface area (Å²) in [6, 6.07) is 4.11. The first kappa shape index (κ1) is 36.0. The fourth-order valence-electron chi connectivity index (χ4n) is 8.80. The van der Waals surface area contributed by atoms with Crippen LogP contribution in [0.4, 0.5) is 10.1 Å². The van der Waals surface area contributed by atoms with Crippen molar-refractivity contribution >= 4 is 38.7 Å². The molecule has 284 valence electrons. The standard InChI is InChI=1S/C38H46FN5O8S/c1-21-15-32(42-14-13-41(3)25(18-42)20-50-4)22(2)35-34(21)27-11-12-43(19-30(27)38(47)52-35)37(46)28-17-33(51-26-9-10-26)29(16-31(28)39)36(45)40-53(48,49)44-23-5-6-24(44)8-7-23/h15-17,23-26H,5-14,18-20H2,1-4H3,(H,40,45). The van der Waals surface area contributed by atoms with Crippen molar-refractivity contribution in [3.8, 4) is 5.75 Å². The van der Waals surface area contributed by atoms with E-state index >= 15 is 4.39 Å². The number of rotatable bonds is 9. The van der Waals surface area contributed by atoms with Crippen molar-refractivity contribution < 1.29 is 36.3 Å². The molecule has 15 heteroatoms. The maximum absolute atomic E-state index is 15.8. The van der Waals surface area contributed by atoms with E-state index in [1.807, 2.05) is 13.8 Å². The first-order chi connectivity index (χ1) is 25.3. The molecule has 8 rings (SSSR count). The monoisotopic (exact) mass is 751 g/mol. The van der Waals surface area contributed by atoms with Crippen LogP contribution in [0.5, 0.6) is 5.75 Å². The lowest BCUT2D eigenvalue weighted by molar-refractivity contribution is 0.0726. The number of nitrogens with zero attached hydrogens (tertiary/aromatic N) is 4. The molecule has 2 amide bonds. The van der Waals surface area contributed by atoms with Crippen LogP contribution < -0.4 is 20.0 Å². The SMILES string of the molecule is COCC1CN(c2cc(C)c3c4c(c(=O)oc3c2C)CN(C(=O)c2cc(OC3CC3)c(C(=O)NS(=O)(=O)N3C5CCC3CC5)cc2F)CC4)CCN1C. The summed E-state index contributed by atoms with van der Waals surface area (Å²) in [5.74, 6) is -2.75. The number of piperazine rings is 1. The normalized spacial score (nSPS) is 23.5. The van der Waals surface area contributed by atoms with Gasteiger partial charge < -0.3 is 23.7 Å². The minimum absolute atomic E-state index is 0.0620. The van der Waals surface area contributed by atoms with E-state index in [2.05, 4.69) is 27.6 Å². The average molecular weight is 752 g/mol. The Balaban J connectivity index is 1.06. The van der Waals surface area contributed by atoms with Crippen molar-refractivity contribution in [1.82, 2.24) is 18.8 Å². The van der Waals surface area contributed by atoms with Gasteiger partial charge in [-0.15, -0.1) is 0 Å². The molecule has 53 heavy (non-hydrogen) atoms. The van der Waals surface area contributed by atoms with Crippen LogP contribution in [0.1, 0.15) is 81.5 Å². The smallest absolute Gasteiger partial charge is 0.341 e. The van der Waals surface area contributed by atoms with Crippen LogP contribution in [-0.4, -0.2) is 106 Å². The van der Waals surface area contributed by atoms with Crippen LogP contribution in [0.2, 0.25) is 0 Å². The molecule has 1 aromatic heterocycles. The lowest BCUT2D eigenvalue weighted by Gasteiger charge is -2.41. The summed E-state index contributed by atoms with van der Waals surface area (Å²) < 4.78 is 63.2. The maximum Gasteiger partial charge on any atom is 0.341 e. The third kappa shape index (κ3) is 6.48. The van der Waals surface area contributed by atoms with Crippen molar-refractivity contribution in [2.75, 3.05) is 51.8 Å². The Labute approximate surface area is 308 Å². The number of carbonyl (C=O) groups excluding carboxylic acids is 2. The molecular weight excluding hydrogens is 706 g/mol. The molecule has 3 saturated heterocycles. The number of ether oxygens (including phenoxy) is 2. The molecule has 3 aromatic rings. The number of carbonyl (C=O) groups is 2. The quantitative estimate of drug-likeness (QED) is 0.322. The van der Waals surface area contributed by atoms with Crippen molar-refractivity contribution in [3.63, 3.8) is 0 Å². The van der Waals surface area contributed by atoms with E-state index in [1.54, 1.807) is 7.11 Å². The Kier molecular flexibility index (Phi) is 9.27. The van der Waals surface area contributed by atoms with E-state index in [9.17, 15) is 22.8 Å². The van der Waals surface area contributed by atoms with Crippen LogP contribution in [0.15, 0.2) is 27.4 Å². The highest BCUT2D eigenvalue weighted by atomic mass is 32.2. The molecule has 1 N–H and O–H groups in total. The number of anilines is 1. The van der Waals surface area contributed by atoms with Gasteiger partial charge in [0.25, 0.3) is 11.8 Å². The minimum Gasteiger partial charge on any atom is -0.490 e. The molecule has 2 bridgehead atoms. The fraction of sp³-hybridized carbons (Fsp3) is 0.553. The average Bonchev–Trinajstić information content (AvgIpc) is 3.71. The van der Waals surface area contributed by atoms with E-state index < -0.39 is 33.5 Å². The lowest BCUT2D eigenvalue weighted by Crippen LogP contribution is -2.53. The maximum atomic E-state index is 15.8. The molecule has 4 aliphatic heterocycles. The summed E-state index contributed by atoms with van der Waals surface area (Å²) in [5.41, 5.74) is 3.38. The topological polar surface area (TPSA) is 142 Å². The van der Waals surface area contributed by atoms with Gasteiger partial charge in [-0.2, -0.15) is 12.7 Å². The van der Waals surface area contributed by atoms with Gasteiger partial charge in [-0.25, -0.2) is 13.9 Å². The van der Waals surface area contributed by atoms with Gasteiger partial charge in [0.1, 0.15) is 17.1 Å². The molecule has 1 saturated carbocycles. The van der Waals surface area contributed by atoms with Gasteiger partial charge in [0.05, 0.1) is 42.0 Å². The number of nitrogens with one attached hydrogen (secondary N) is 1. The highest BCUT2D eigenvalue weighted by molar-refractivity contribution is 7.87. The molecular formula is C38H46FN5O8S. The summed E-state index contributed by atoms with van der Waals surface area (Å²) in [6.45, 7) is 7.18. The zero-order chi connectivity index (χ0) is 37.3. The molecule has 1 unspecified atom stereocenters. The molecule has 4 fully saturated rings. The zero-order valence-electron chi connectivity index (χ0n) is 30.6. The van der Waals surface area contributed by atoms with Crippen LogP contribution in [0, 0.1) is 19.7 Å². The summed E-state index contributed by atoms with van der Waals surface area (Å²) in [6.07, 6.45) is 4.54. The summed E-state index contributed by atoms with van der Waals surface area (Å²) in [5, 5.41) is 0.856. The van der Waals surface area contributed by atoms with Crippen molar-refractivity contribution in [2.45, 2.75) is 89.6 Å². The number of hydrogen-bond donors (Lipinski definition) is 1. The third-order valence-corrected chi connectivity index (χ3v) is 13.4. The molecule has 13 nitrogen and oxygen atoms in total. The third-order valence-electron chi connectivity index (χ3n) is 11.8. The second kappa shape index (κ2) is 13.7. The summed E-state index contributed by atoms with van der Waals surface area (Å²) >= 11 is 0. The fourth-order valence-corrected chi connectivity index (χ4v) is 10.5. The van der Waals surface area contributed by atoms with E-state index in [0.717, 1.165) is 79.1 Å². The second-order valence-electron chi connectivity index (χ2n) is 15.3. The molecule has 1 atom stereocenters. The Hall–Kier alpha value is -4.05. The van der Waals surface area contributed by atoms with Crippen LogP contribution >= 0.6 is 0 Å². The van der Waals surface area contributed by atoms with E-state index in [0.29, 0.717) is 37.0 Å². The Bertz CT molecular complexity index is 2150. The van der Waals surface area contributed by atoms with Gasteiger partial charge in [0.15, 0.2) is 0 Å². The molecule has 1 aliphatic carbocycles. The largest absolute Gasteiger partial charge is 0.490 e. The number of amides is 2. The number of halogens is 1. The first-order valence-electron chi connectivity index (χ1n) is 18.5. The first-order valence-corrected chi connectivity index (χ1v) is 20.0. The van der Waals surface area contributed by atoms with E-state index in [-0.39, 0.29) is 54.2 Å². The van der Waals surface area contributed by atoms with Crippen LogP contribution in [0.25, 0.3) is 11.0 Å². The molecule has 0 spiro atoms. The van der Waals surface area contributed by atoms with E-state index in [1.165, 1.54) is 15.3 Å². The van der Waals surface area contributed by atoms with E-state index in [4.69, 9.17) is 13.9 Å². The predicted molar refractivity (Wildman–Crippen MR) is 195 cm³/mol. The molecule has 0 radical (unpaired) electrons. The van der Waals surface area contributed by atoms with Crippen molar-refractivity contribution in [1.29, 1.82) is 0 Å². The Morgan fingerprint density at radius 2 is 1.70 bits per heavy atom. The summed E-state index contributed by atoms with van der Waals surface area (Å²) in [7, 11) is -0.370. The van der Waals surface area contributed by atoms with Gasteiger partial charge in [-0.05, 0) is 95.2 Å². The number of fused-ring (bicyclic) bond motifs is 5. The van der Waals surface area contributed by atoms with Gasteiger partial charge in [0.2, 0.25) is 0 Å². The van der Waals surface area contributed by atoms with Gasteiger partial charge in [-0.3, -0.25) is 14.5 Å². The van der Waals surface area contributed by atoms with Crippen LogP contribution in [-0.2, 0) is 27.9 Å². The Morgan fingerprint density at radius 3 is 2.38 bits per heavy atom. The number of methoxy groups -OCH3 is 1. The number of aryl methyl sites for hydroxylation is 2. The highest BCUT2D eigenvalue weighted by Crippen LogP contribution is 2.40. The zero-order valence-corrected chi connectivity index (χ0v) is 31.4. The molecule has 5 aliphatic rings. The van der Waals surface area contributed by atoms with Gasteiger partial charge >= 0.3 is 15.8 Å². The van der Waals surface area contributed by atoms with Gasteiger partial charge in [0, 0.05) is 62.0 Å². The molecule has 5 heterocycles. The summed E-state index contributed by atoms with van der Waals surface area (Å²) in [4.78, 5) is 46.9.